The van der Waals surface area contributed by atoms with E-state index in [4.69, 9.17) is 4.74 Å². The van der Waals surface area contributed by atoms with Gasteiger partial charge in [0.1, 0.15) is 11.4 Å². The molecule has 4 aromatic rings. The van der Waals surface area contributed by atoms with E-state index in [2.05, 4.69) is 15.3 Å². The van der Waals surface area contributed by atoms with Crippen LogP contribution in [0.5, 0.6) is 0 Å². The summed E-state index contributed by atoms with van der Waals surface area (Å²) in [4.78, 5) is 13.1. The van der Waals surface area contributed by atoms with E-state index in [9.17, 15) is 13.2 Å². The second kappa shape index (κ2) is 8.04. The molecule has 0 N–H and O–H groups in total. The predicted molar refractivity (Wildman–Crippen MR) is 121 cm³/mol. The van der Waals surface area contributed by atoms with E-state index < -0.39 is 10.0 Å². The zero-order chi connectivity index (χ0) is 23.3. The van der Waals surface area contributed by atoms with Gasteiger partial charge in [-0.05, 0) is 32.9 Å². The maximum Gasteiger partial charge on any atom is 0.262 e. The van der Waals surface area contributed by atoms with Crippen LogP contribution in [0.3, 0.4) is 0 Å². The lowest BCUT2D eigenvalue weighted by molar-refractivity contribution is 0.0730. The summed E-state index contributed by atoms with van der Waals surface area (Å²) in [7, 11) is -3.69. The Bertz CT molecular complexity index is 1530. The minimum atomic E-state index is -3.69. The minimum Gasteiger partial charge on any atom is -0.379 e. The first kappa shape index (κ1) is 21.7. The van der Waals surface area contributed by atoms with Crippen molar-refractivity contribution < 1.29 is 13.2 Å². The molecule has 0 aliphatic carbocycles. The van der Waals surface area contributed by atoms with Crippen LogP contribution in [-0.2, 0) is 27.8 Å². The van der Waals surface area contributed by atoms with Crippen molar-refractivity contribution in [2.75, 3.05) is 26.3 Å². The van der Waals surface area contributed by atoms with E-state index >= 15 is 0 Å². The molecule has 0 unspecified atom stereocenters. The third-order valence-corrected chi connectivity index (χ3v) is 8.22. The third kappa shape index (κ3) is 3.36. The molecule has 1 saturated heterocycles. The van der Waals surface area contributed by atoms with Crippen molar-refractivity contribution in [2.24, 2.45) is 0 Å². The number of benzene rings is 1. The van der Waals surface area contributed by atoms with Crippen molar-refractivity contribution in [3.05, 3.63) is 51.8 Å². The Balaban J connectivity index is 1.63. The van der Waals surface area contributed by atoms with Crippen LogP contribution in [0.25, 0.3) is 16.7 Å². The molecule has 0 amide bonds. The molecule has 174 valence electrons. The second-order valence-electron chi connectivity index (χ2n) is 7.99. The number of ether oxygens (including phenoxy) is 1. The van der Waals surface area contributed by atoms with Crippen molar-refractivity contribution in [2.45, 2.75) is 38.8 Å². The summed E-state index contributed by atoms with van der Waals surface area (Å²) in [5.74, 6) is 1.00. The Labute approximate surface area is 190 Å². The number of sulfonamides is 1. The van der Waals surface area contributed by atoms with Crippen LogP contribution < -0.4 is 5.56 Å². The molecule has 1 aliphatic rings. The van der Waals surface area contributed by atoms with Gasteiger partial charge in [0.05, 0.1) is 35.5 Å². The number of hydrogen-bond acceptors (Lipinski definition) is 7. The summed E-state index contributed by atoms with van der Waals surface area (Å²) in [6.07, 6.45) is 0. The van der Waals surface area contributed by atoms with Gasteiger partial charge in [-0.1, -0.05) is 12.1 Å². The Morgan fingerprint density at radius 3 is 2.55 bits per heavy atom. The predicted octanol–water partition coefficient (Wildman–Crippen LogP) is 0.947. The molecule has 0 saturated carbocycles. The Morgan fingerprint density at radius 2 is 1.82 bits per heavy atom. The van der Waals surface area contributed by atoms with E-state index in [-0.39, 0.29) is 17.0 Å². The van der Waals surface area contributed by atoms with Crippen LogP contribution in [0.2, 0.25) is 0 Å². The molecule has 1 fully saturated rings. The summed E-state index contributed by atoms with van der Waals surface area (Å²) in [6.45, 7) is 7.38. The zero-order valence-corrected chi connectivity index (χ0v) is 19.5. The molecule has 11 nitrogen and oxygen atoms in total. The maximum atomic E-state index is 13.3. The lowest BCUT2D eigenvalue weighted by Gasteiger charge is -2.26. The fourth-order valence-corrected chi connectivity index (χ4v) is 6.24. The lowest BCUT2D eigenvalue weighted by atomic mass is 10.2. The summed E-state index contributed by atoms with van der Waals surface area (Å²) in [5.41, 5.74) is 1.54. The van der Waals surface area contributed by atoms with Gasteiger partial charge >= 0.3 is 0 Å². The Hall–Kier alpha value is -3.09. The smallest absolute Gasteiger partial charge is 0.262 e. The fraction of sp³-hybridized carbons (Fsp3) is 0.429. The van der Waals surface area contributed by atoms with Crippen molar-refractivity contribution in [1.29, 1.82) is 0 Å². The molecule has 0 bridgehead atoms. The fourth-order valence-electron chi connectivity index (χ4n) is 4.46. The highest BCUT2D eigenvalue weighted by Crippen LogP contribution is 2.25. The number of aryl methyl sites for hydroxylation is 2. The molecule has 0 atom stereocenters. The highest BCUT2D eigenvalue weighted by Gasteiger charge is 2.32. The van der Waals surface area contributed by atoms with Gasteiger partial charge in [-0.2, -0.15) is 9.40 Å². The van der Waals surface area contributed by atoms with Crippen molar-refractivity contribution in [3.8, 4) is 0 Å². The highest BCUT2D eigenvalue weighted by atomic mass is 32.2. The monoisotopic (exact) mass is 471 g/mol. The largest absolute Gasteiger partial charge is 0.379 e. The van der Waals surface area contributed by atoms with E-state index in [1.54, 1.807) is 29.2 Å². The average molecular weight is 472 g/mol. The number of aromatic nitrogens is 6. The van der Waals surface area contributed by atoms with Gasteiger partial charge in [0.15, 0.2) is 5.82 Å². The standard InChI is InChI=1S/C21H25N7O4S/c1-4-26-20(29)16-7-5-6-8-17(16)28-18(22-23-21(26)28)13-27-15(3)19(14(2)24-27)33(30,31)25-9-11-32-12-10-25/h5-8H,4,9-13H2,1-3H3. The zero-order valence-electron chi connectivity index (χ0n) is 18.7. The first-order valence-electron chi connectivity index (χ1n) is 10.8. The van der Waals surface area contributed by atoms with Gasteiger partial charge < -0.3 is 4.74 Å². The quantitative estimate of drug-likeness (QED) is 0.425. The molecule has 33 heavy (non-hydrogen) atoms. The summed E-state index contributed by atoms with van der Waals surface area (Å²) in [5, 5.41) is 13.7. The SMILES string of the molecule is CCn1c(=O)c2ccccc2n2c(Cn3nc(C)c(S(=O)(=O)N4CCOCC4)c3C)nnc12. The van der Waals surface area contributed by atoms with Gasteiger partial charge in [-0.3, -0.25) is 18.4 Å². The van der Waals surface area contributed by atoms with Crippen LogP contribution in [0, 0.1) is 13.8 Å². The molecule has 3 aromatic heterocycles. The molecular weight excluding hydrogens is 446 g/mol. The molecule has 0 radical (unpaired) electrons. The summed E-state index contributed by atoms with van der Waals surface area (Å²) < 4.78 is 38.4. The Kier molecular flexibility index (Phi) is 5.30. The van der Waals surface area contributed by atoms with E-state index in [0.29, 0.717) is 66.7 Å². The number of fused-ring (bicyclic) bond motifs is 3. The van der Waals surface area contributed by atoms with Crippen LogP contribution >= 0.6 is 0 Å². The molecule has 12 heteroatoms. The van der Waals surface area contributed by atoms with Crippen LogP contribution in [0.4, 0.5) is 0 Å². The molecule has 1 aliphatic heterocycles. The molecule has 5 rings (SSSR count). The van der Waals surface area contributed by atoms with Crippen LogP contribution in [-0.4, -0.2) is 68.0 Å². The topological polar surface area (TPSA) is 117 Å². The normalized spacial score (nSPS) is 15.6. The maximum absolute atomic E-state index is 13.3. The molecule has 0 spiro atoms. The van der Waals surface area contributed by atoms with Gasteiger partial charge in [-0.25, -0.2) is 8.42 Å². The number of rotatable bonds is 5. The number of morpholine rings is 1. The van der Waals surface area contributed by atoms with Crippen molar-refractivity contribution >= 4 is 26.7 Å². The van der Waals surface area contributed by atoms with Crippen molar-refractivity contribution in [1.82, 2.24) is 33.3 Å². The summed E-state index contributed by atoms with van der Waals surface area (Å²) >= 11 is 0. The van der Waals surface area contributed by atoms with Gasteiger partial charge in [0.25, 0.3) is 5.56 Å². The minimum absolute atomic E-state index is 0.121. The molecular formula is C21H25N7O4S. The molecule has 1 aromatic carbocycles. The Morgan fingerprint density at radius 1 is 1.09 bits per heavy atom. The molecule has 4 heterocycles. The summed E-state index contributed by atoms with van der Waals surface area (Å²) in [6, 6.07) is 7.32. The second-order valence-corrected chi connectivity index (χ2v) is 9.87. The third-order valence-electron chi connectivity index (χ3n) is 6.07. The highest BCUT2D eigenvalue weighted by molar-refractivity contribution is 7.89. The van der Waals surface area contributed by atoms with Gasteiger partial charge in [-0.15, -0.1) is 10.2 Å². The first-order chi connectivity index (χ1) is 15.8. The van der Waals surface area contributed by atoms with Crippen LogP contribution in [0.15, 0.2) is 34.0 Å². The lowest BCUT2D eigenvalue weighted by Crippen LogP contribution is -2.41. The first-order valence-corrected chi connectivity index (χ1v) is 12.3. The van der Waals surface area contributed by atoms with E-state index in [1.165, 1.54) is 4.31 Å². The van der Waals surface area contributed by atoms with Gasteiger partial charge in [0, 0.05) is 19.6 Å². The average Bonchev–Trinajstić information content (AvgIpc) is 3.35. The van der Waals surface area contributed by atoms with Gasteiger partial charge in [0.2, 0.25) is 15.8 Å². The van der Waals surface area contributed by atoms with Crippen LogP contribution in [0.1, 0.15) is 24.1 Å². The number of nitrogens with zero attached hydrogens (tertiary/aromatic N) is 7. The van der Waals surface area contributed by atoms with Crippen molar-refractivity contribution in [3.63, 3.8) is 0 Å². The van der Waals surface area contributed by atoms with E-state index in [1.807, 2.05) is 29.5 Å². The number of hydrogen-bond donors (Lipinski definition) is 0. The van der Waals surface area contributed by atoms with E-state index in [0.717, 1.165) is 0 Å². The number of para-hydroxylation sites is 1.